The van der Waals surface area contributed by atoms with Crippen LogP contribution in [0.25, 0.3) is 0 Å². The van der Waals surface area contributed by atoms with Crippen molar-refractivity contribution in [1.29, 1.82) is 0 Å². The van der Waals surface area contributed by atoms with Crippen LogP contribution in [0.3, 0.4) is 0 Å². The van der Waals surface area contributed by atoms with Gasteiger partial charge in [0, 0.05) is 19.3 Å². The summed E-state index contributed by atoms with van der Waals surface area (Å²) in [6.45, 7) is 4.62. The van der Waals surface area contributed by atoms with E-state index in [4.69, 9.17) is 23.7 Å². The molecule has 3 aromatic rings. The number of aliphatic hydroxyl groups is 1. The Bertz CT molecular complexity index is 1230. The fourth-order valence-electron chi connectivity index (χ4n) is 5.11. The summed E-state index contributed by atoms with van der Waals surface area (Å²) in [6, 6.07) is 29.0. The number of esters is 3. The van der Waals surface area contributed by atoms with Crippen LogP contribution in [0.15, 0.2) is 91.0 Å². The summed E-state index contributed by atoms with van der Waals surface area (Å²) in [6.07, 6.45) is -6.74. The van der Waals surface area contributed by atoms with Gasteiger partial charge in [0.25, 0.3) is 0 Å². The maximum Gasteiger partial charge on any atom is 0.306 e. The van der Waals surface area contributed by atoms with Crippen molar-refractivity contribution >= 4 is 17.9 Å². The third kappa shape index (κ3) is 7.30. The summed E-state index contributed by atoms with van der Waals surface area (Å²) in [7, 11) is 0. The van der Waals surface area contributed by atoms with Crippen molar-refractivity contribution in [3.8, 4) is 0 Å². The SMILES string of the molecule is CCC(=O)O[C@H]1[C@H](OC(=O)CC)[C@@H](OC(=O)CC)C(O)O[C@@H]1COC(c1ccccc1)(c1ccccc1)c1ccccc1. The number of rotatable bonds is 12. The predicted octanol–water partition coefficient (Wildman–Crippen LogP) is 4.68. The summed E-state index contributed by atoms with van der Waals surface area (Å²) < 4.78 is 29.7. The van der Waals surface area contributed by atoms with Crippen LogP contribution in [-0.2, 0) is 43.7 Å². The van der Waals surface area contributed by atoms with Crippen molar-refractivity contribution in [1.82, 2.24) is 0 Å². The first-order valence-electron chi connectivity index (χ1n) is 14.6. The zero-order valence-electron chi connectivity index (χ0n) is 24.6. The van der Waals surface area contributed by atoms with E-state index < -0.39 is 54.2 Å². The number of carbonyl (C=O) groups is 3. The Kier molecular flexibility index (Phi) is 11.1. The average Bonchev–Trinajstić information content (AvgIpc) is 3.05. The lowest BCUT2D eigenvalue weighted by Crippen LogP contribution is -2.62. The highest BCUT2D eigenvalue weighted by molar-refractivity contribution is 5.71. The standard InChI is InChI=1S/C34H38O9/c1-4-27(35)41-30-26(40-33(38)32(43-29(37)6-3)31(30)42-28(36)5-2)22-39-34(23-16-10-7-11-17-23,24-18-12-8-13-19-24)25-20-14-9-15-21-25/h7-21,26,30-33,38H,4-6,22H2,1-3H3/t26-,30-,31+,32-,33?/m1/s1. The molecule has 0 bridgehead atoms. The van der Waals surface area contributed by atoms with Gasteiger partial charge in [-0.05, 0) is 16.7 Å². The average molecular weight is 591 g/mol. The molecule has 1 N–H and O–H groups in total. The first-order valence-corrected chi connectivity index (χ1v) is 14.6. The van der Waals surface area contributed by atoms with Crippen LogP contribution in [0.5, 0.6) is 0 Å². The summed E-state index contributed by atoms with van der Waals surface area (Å²) in [5.41, 5.74) is 1.34. The molecule has 0 aromatic heterocycles. The van der Waals surface area contributed by atoms with Crippen LogP contribution < -0.4 is 0 Å². The van der Waals surface area contributed by atoms with Crippen LogP contribution in [0.4, 0.5) is 0 Å². The minimum atomic E-state index is -1.69. The third-order valence-electron chi connectivity index (χ3n) is 7.28. The first kappa shape index (κ1) is 31.9. The van der Waals surface area contributed by atoms with Gasteiger partial charge in [0.05, 0.1) is 6.61 Å². The summed E-state index contributed by atoms with van der Waals surface area (Å²) in [5.74, 6) is -1.86. The van der Waals surface area contributed by atoms with Gasteiger partial charge >= 0.3 is 17.9 Å². The van der Waals surface area contributed by atoms with Gasteiger partial charge in [0.2, 0.25) is 0 Å². The molecule has 3 aromatic carbocycles. The van der Waals surface area contributed by atoms with Gasteiger partial charge < -0.3 is 28.8 Å². The maximum atomic E-state index is 12.6. The Morgan fingerprint density at radius 1 is 0.628 bits per heavy atom. The topological polar surface area (TPSA) is 118 Å². The number of hydrogen-bond donors (Lipinski definition) is 1. The van der Waals surface area contributed by atoms with Gasteiger partial charge in [-0.15, -0.1) is 0 Å². The molecule has 4 rings (SSSR count). The fraction of sp³-hybridized carbons (Fsp3) is 0.382. The van der Waals surface area contributed by atoms with E-state index in [1.807, 2.05) is 91.0 Å². The minimum absolute atomic E-state index is 0.0106. The molecule has 1 aliphatic heterocycles. The quantitative estimate of drug-likeness (QED) is 0.182. The Morgan fingerprint density at radius 2 is 1.00 bits per heavy atom. The molecule has 9 heteroatoms. The van der Waals surface area contributed by atoms with E-state index in [1.54, 1.807) is 20.8 Å². The molecule has 43 heavy (non-hydrogen) atoms. The Hall–Kier alpha value is -4.05. The van der Waals surface area contributed by atoms with E-state index in [0.717, 1.165) is 16.7 Å². The van der Waals surface area contributed by atoms with E-state index in [9.17, 15) is 19.5 Å². The van der Waals surface area contributed by atoms with Gasteiger partial charge in [0.1, 0.15) is 11.7 Å². The Labute approximate surface area is 251 Å². The molecule has 0 aliphatic carbocycles. The third-order valence-corrected chi connectivity index (χ3v) is 7.28. The zero-order chi connectivity index (χ0) is 30.8. The van der Waals surface area contributed by atoms with Crippen LogP contribution in [0.1, 0.15) is 56.7 Å². The van der Waals surface area contributed by atoms with E-state index in [0.29, 0.717) is 0 Å². The van der Waals surface area contributed by atoms with Crippen molar-refractivity contribution in [2.45, 2.75) is 76.3 Å². The molecule has 1 aliphatic rings. The molecule has 0 amide bonds. The van der Waals surface area contributed by atoms with Crippen LogP contribution >= 0.6 is 0 Å². The van der Waals surface area contributed by atoms with E-state index in [2.05, 4.69) is 0 Å². The highest BCUT2D eigenvalue weighted by Crippen LogP contribution is 2.41. The van der Waals surface area contributed by atoms with Gasteiger partial charge in [-0.25, -0.2) is 0 Å². The number of ether oxygens (including phenoxy) is 5. The molecule has 9 nitrogen and oxygen atoms in total. The number of hydrogen-bond acceptors (Lipinski definition) is 9. The first-order chi connectivity index (χ1) is 20.8. The molecule has 0 spiro atoms. The maximum absolute atomic E-state index is 12.6. The second kappa shape index (κ2) is 14.9. The lowest BCUT2D eigenvalue weighted by Gasteiger charge is -2.44. The lowest BCUT2D eigenvalue weighted by molar-refractivity contribution is -0.300. The largest absolute Gasteiger partial charge is 0.455 e. The van der Waals surface area contributed by atoms with Crippen molar-refractivity contribution in [2.75, 3.05) is 6.61 Å². The van der Waals surface area contributed by atoms with E-state index in [-0.39, 0.29) is 25.9 Å². The molecule has 5 atom stereocenters. The van der Waals surface area contributed by atoms with Gasteiger partial charge in [0.15, 0.2) is 24.6 Å². The number of benzene rings is 3. The van der Waals surface area contributed by atoms with Crippen molar-refractivity contribution < 1.29 is 43.2 Å². The predicted molar refractivity (Wildman–Crippen MR) is 157 cm³/mol. The molecule has 1 heterocycles. The fourth-order valence-corrected chi connectivity index (χ4v) is 5.11. The van der Waals surface area contributed by atoms with Gasteiger partial charge in [-0.1, -0.05) is 112 Å². The van der Waals surface area contributed by atoms with Crippen molar-refractivity contribution in [2.24, 2.45) is 0 Å². The molecule has 1 unspecified atom stereocenters. The molecule has 0 saturated carbocycles. The molecular formula is C34H38O9. The van der Waals surface area contributed by atoms with Crippen LogP contribution in [0, 0.1) is 0 Å². The molecule has 0 radical (unpaired) electrons. The smallest absolute Gasteiger partial charge is 0.306 e. The normalized spacial score (nSPS) is 21.9. The van der Waals surface area contributed by atoms with Gasteiger partial charge in [-0.3, -0.25) is 14.4 Å². The van der Waals surface area contributed by atoms with Crippen molar-refractivity contribution in [3.63, 3.8) is 0 Å². The van der Waals surface area contributed by atoms with Crippen LogP contribution in [0.2, 0.25) is 0 Å². The van der Waals surface area contributed by atoms with E-state index >= 15 is 0 Å². The summed E-state index contributed by atoms with van der Waals surface area (Å²) in [4.78, 5) is 37.4. The highest BCUT2D eigenvalue weighted by Gasteiger charge is 2.52. The monoisotopic (exact) mass is 590 g/mol. The zero-order valence-corrected chi connectivity index (χ0v) is 24.6. The minimum Gasteiger partial charge on any atom is -0.455 e. The second-order valence-corrected chi connectivity index (χ2v) is 10.1. The van der Waals surface area contributed by atoms with E-state index in [1.165, 1.54) is 0 Å². The van der Waals surface area contributed by atoms with Gasteiger partial charge in [-0.2, -0.15) is 0 Å². The van der Waals surface area contributed by atoms with Crippen molar-refractivity contribution in [3.05, 3.63) is 108 Å². The summed E-state index contributed by atoms with van der Waals surface area (Å²) in [5, 5.41) is 11.0. The summed E-state index contributed by atoms with van der Waals surface area (Å²) >= 11 is 0. The second-order valence-electron chi connectivity index (χ2n) is 10.1. The number of aliphatic hydroxyl groups excluding tert-OH is 1. The van der Waals surface area contributed by atoms with Crippen LogP contribution in [-0.4, -0.2) is 60.3 Å². The molecule has 228 valence electrons. The molecular weight excluding hydrogens is 552 g/mol. The Morgan fingerprint density at radius 3 is 1.40 bits per heavy atom. The molecule has 1 fully saturated rings. The lowest BCUT2D eigenvalue weighted by atomic mass is 9.80. The molecule has 1 saturated heterocycles. The number of carbonyl (C=O) groups excluding carboxylic acids is 3. The Balaban J connectivity index is 1.79. The highest BCUT2D eigenvalue weighted by atomic mass is 16.7.